The van der Waals surface area contributed by atoms with Crippen LogP contribution in [0.2, 0.25) is 0 Å². The van der Waals surface area contributed by atoms with Crippen LogP contribution in [-0.2, 0) is 0 Å². The molecule has 1 aliphatic carbocycles. The maximum absolute atomic E-state index is 11.6. The minimum Gasteiger partial charge on any atom is -0.171 e. The van der Waals surface area contributed by atoms with Crippen molar-refractivity contribution in [3.63, 3.8) is 0 Å². The zero-order valence-electron chi connectivity index (χ0n) is 5.70. The van der Waals surface area contributed by atoms with Crippen molar-refractivity contribution < 1.29 is 13.2 Å². The van der Waals surface area contributed by atoms with Crippen LogP contribution in [0.3, 0.4) is 0 Å². The average molecular weight is 150 g/mol. The van der Waals surface area contributed by atoms with Gasteiger partial charge < -0.3 is 0 Å². The third kappa shape index (κ3) is 2.05. The molecule has 0 spiro atoms. The molecule has 1 rings (SSSR count). The molecule has 0 heterocycles. The lowest BCUT2D eigenvalue weighted by Crippen LogP contribution is -2.18. The third-order valence-electron chi connectivity index (χ3n) is 1.60. The van der Waals surface area contributed by atoms with Gasteiger partial charge in [0.15, 0.2) is 0 Å². The van der Waals surface area contributed by atoms with Crippen molar-refractivity contribution in [2.24, 2.45) is 5.92 Å². The molecule has 0 fully saturated rings. The molecule has 10 heavy (non-hydrogen) atoms. The quantitative estimate of drug-likeness (QED) is 0.504. The molecule has 0 aliphatic heterocycles. The molecule has 0 nitrogen and oxygen atoms in total. The van der Waals surface area contributed by atoms with E-state index >= 15 is 0 Å². The number of hydrogen-bond acceptors (Lipinski definition) is 0. The molecule has 0 amide bonds. The van der Waals surface area contributed by atoms with Crippen molar-refractivity contribution >= 4 is 0 Å². The average Bonchev–Trinajstić information content (AvgIpc) is 1.57. The molecule has 3 heteroatoms. The zero-order valence-corrected chi connectivity index (χ0v) is 5.70. The van der Waals surface area contributed by atoms with Gasteiger partial charge in [-0.15, -0.1) is 0 Å². The van der Waals surface area contributed by atoms with E-state index in [1.807, 2.05) is 6.92 Å². The Balaban J connectivity index is 2.30. The van der Waals surface area contributed by atoms with Crippen molar-refractivity contribution in [3.05, 3.63) is 11.6 Å². The number of allylic oxidation sites excluding steroid dienone is 2. The highest BCUT2D eigenvalue weighted by Gasteiger charge is 2.33. The number of halogens is 3. The van der Waals surface area contributed by atoms with Crippen molar-refractivity contribution in [1.82, 2.24) is 0 Å². The summed E-state index contributed by atoms with van der Waals surface area (Å²) in [6.45, 7) is 1.85. The van der Waals surface area contributed by atoms with Crippen molar-refractivity contribution in [1.29, 1.82) is 0 Å². The molecule has 0 radical (unpaired) electrons. The maximum Gasteiger partial charge on any atom is 0.389 e. The second kappa shape index (κ2) is 2.29. The van der Waals surface area contributed by atoms with Gasteiger partial charge in [0.05, 0.1) is 6.42 Å². The highest BCUT2D eigenvalue weighted by molar-refractivity contribution is 5.14. The fourth-order valence-corrected chi connectivity index (χ4v) is 1.21. The largest absolute Gasteiger partial charge is 0.389 e. The lowest BCUT2D eigenvalue weighted by molar-refractivity contribution is -0.142. The standard InChI is InChI=1S/C7H9F3/c1-5-2-6(3-5)4-7(8,9)10/h2,6H,3-4H2,1H3. The van der Waals surface area contributed by atoms with Gasteiger partial charge in [0.25, 0.3) is 0 Å². The summed E-state index contributed by atoms with van der Waals surface area (Å²) in [6, 6.07) is 0. The highest BCUT2D eigenvalue weighted by Crippen LogP contribution is 2.35. The molecule has 0 saturated carbocycles. The summed E-state index contributed by atoms with van der Waals surface area (Å²) in [5.74, 6) is -0.236. The summed E-state index contributed by atoms with van der Waals surface area (Å²) in [5, 5.41) is 0. The van der Waals surface area contributed by atoms with Gasteiger partial charge in [-0.2, -0.15) is 13.2 Å². The highest BCUT2D eigenvalue weighted by atomic mass is 19.4. The Bertz CT molecular complexity index is 155. The Morgan fingerprint density at radius 3 is 2.40 bits per heavy atom. The smallest absolute Gasteiger partial charge is 0.171 e. The van der Waals surface area contributed by atoms with Gasteiger partial charge in [0, 0.05) is 0 Å². The lowest BCUT2D eigenvalue weighted by Gasteiger charge is -2.23. The summed E-state index contributed by atoms with van der Waals surface area (Å²) in [5.41, 5.74) is 1.08. The normalized spacial score (nSPS) is 25.6. The second-order valence-corrected chi connectivity index (χ2v) is 2.80. The summed E-state index contributed by atoms with van der Waals surface area (Å²) < 4.78 is 34.9. The third-order valence-corrected chi connectivity index (χ3v) is 1.60. The molecule has 0 aromatic rings. The Labute approximate surface area is 57.7 Å². The molecule has 58 valence electrons. The van der Waals surface area contributed by atoms with Gasteiger partial charge in [-0.3, -0.25) is 0 Å². The summed E-state index contributed by atoms with van der Waals surface area (Å²) in [4.78, 5) is 0. The molecule has 0 N–H and O–H groups in total. The number of alkyl halides is 3. The SMILES string of the molecule is CC1=CC(CC(F)(F)F)C1. The van der Waals surface area contributed by atoms with E-state index in [1.54, 1.807) is 6.08 Å². The lowest BCUT2D eigenvalue weighted by atomic mass is 9.85. The molecule has 1 unspecified atom stereocenters. The van der Waals surface area contributed by atoms with E-state index in [2.05, 4.69) is 0 Å². The molecule has 1 aliphatic rings. The number of rotatable bonds is 1. The van der Waals surface area contributed by atoms with Crippen molar-refractivity contribution in [3.8, 4) is 0 Å². The molecular formula is C7H9F3. The predicted octanol–water partition coefficient (Wildman–Crippen LogP) is 2.91. The molecule has 0 saturated heterocycles. The Hall–Kier alpha value is -0.470. The predicted molar refractivity (Wildman–Crippen MR) is 32.5 cm³/mol. The summed E-state index contributed by atoms with van der Waals surface area (Å²) in [7, 11) is 0. The van der Waals surface area contributed by atoms with Gasteiger partial charge in [0.1, 0.15) is 0 Å². The summed E-state index contributed by atoms with van der Waals surface area (Å²) >= 11 is 0. The van der Waals surface area contributed by atoms with E-state index in [-0.39, 0.29) is 5.92 Å². The van der Waals surface area contributed by atoms with Gasteiger partial charge in [-0.1, -0.05) is 11.6 Å². The Kier molecular flexibility index (Phi) is 1.75. The van der Waals surface area contributed by atoms with Crippen molar-refractivity contribution in [2.45, 2.75) is 25.9 Å². The first-order valence-corrected chi connectivity index (χ1v) is 3.21. The number of hydrogen-bond donors (Lipinski definition) is 0. The molecule has 0 aromatic carbocycles. The van der Waals surface area contributed by atoms with Gasteiger partial charge in [-0.05, 0) is 19.3 Å². The monoisotopic (exact) mass is 150 g/mol. The Morgan fingerprint density at radius 1 is 1.60 bits per heavy atom. The minimum absolute atomic E-state index is 0.236. The van der Waals surface area contributed by atoms with E-state index in [0.29, 0.717) is 6.42 Å². The second-order valence-electron chi connectivity index (χ2n) is 2.80. The first kappa shape index (κ1) is 7.63. The van der Waals surface area contributed by atoms with E-state index in [9.17, 15) is 13.2 Å². The summed E-state index contributed by atoms with van der Waals surface area (Å²) in [6.07, 6.45) is -2.32. The van der Waals surface area contributed by atoms with Crippen LogP contribution in [0.25, 0.3) is 0 Å². The van der Waals surface area contributed by atoms with E-state index in [0.717, 1.165) is 5.57 Å². The van der Waals surface area contributed by atoms with E-state index < -0.39 is 12.6 Å². The van der Waals surface area contributed by atoms with Crippen LogP contribution < -0.4 is 0 Å². The van der Waals surface area contributed by atoms with Crippen LogP contribution >= 0.6 is 0 Å². The first-order valence-electron chi connectivity index (χ1n) is 3.21. The fourth-order valence-electron chi connectivity index (χ4n) is 1.21. The molecule has 0 aromatic heterocycles. The van der Waals surface area contributed by atoms with Gasteiger partial charge in [-0.25, -0.2) is 0 Å². The van der Waals surface area contributed by atoms with Crippen LogP contribution in [0.15, 0.2) is 11.6 Å². The van der Waals surface area contributed by atoms with E-state index in [4.69, 9.17) is 0 Å². The van der Waals surface area contributed by atoms with Crippen LogP contribution in [0, 0.1) is 5.92 Å². The first-order chi connectivity index (χ1) is 4.47. The fraction of sp³-hybridized carbons (Fsp3) is 0.714. The Morgan fingerprint density at radius 2 is 2.10 bits per heavy atom. The van der Waals surface area contributed by atoms with Crippen LogP contribution in [0.5, 0.6) is 0 Å². The topological polar surface area (TPSA) is 0 Å². The maximum atomic E-state index is 11.6. The molecular weight excluding hydrogens is 141 g/mol. The zero-order chi connectivity index (χ0) is 7.78. The van der Waals surface area contributed by atoms with Gasteiger partial charge >= 0.3 is 6.18 Å². The van der Waals surface area contributed by atoms with E-state index in [1.165, 1.54) is 0 Å². The van der Waals surface area contributed by atoms with Crippen molar-refractivity contribution in [2.75, 3.05) is 0 Å². The minimum atomic E-state index is -3.98. The molecule has 1 atom stereocenters. The van der Waals surface area contributed by atoms with Gasteiger partial charge in [0.2, 0.25) is 0 Å². The van der Waals surface area contributed by atoms with Crippen LogP contribution in [0.4, 0.5) is 13.2 Å². The molecule has 0 bridgehead atoms. The van der Waals surface area contributed by atoms with Crippen LogP contribution in [-0.4, -0.2) is 6.18 Å². The van der Waals surface area contributed by atoms with Crippen LogP contribution in [0.1, 0.15) is 19.8 Å².